The van der Waals surface area contributed by atoms with Crippen LogP contribution in [-0.2, 0) is 0 Å². The zero-order valence-corrected chi connectivity index (χ0v) is 15.2. The van der Waals surface area contributed by atoms with Gasteiger partial charge in [-0.25, -0.2) is 14.5 Å². The molecule has 1 aliphatic carbocycles. The van der Waals surface area contributed by atoms with Gasteiger partial charge in [0.15, 0.2) is 11.4 Å². The van der Waals surface area contributed by atoms with Gasteiger partial charge in [-0.05, 0) is 31.0 Å². The summed E-state index contributed by atoms with van der Waals surface area (Å²) >= 11 is 0. The molecule has 8 heteroatoms. The molecule has 0 spiro atoms. The van der Waals surface area contributed by atoms with Crippen molar-refractivity contribution in [2.45, 2.75) is 18.8 Å². The van der Waals surface area contributed by atoms with Crippen LogP contribution in [0.15, 0.2) is 49.1 Å². The number of anilines is 1. The molecule has 1 amide bonds. The van der Waals surface area contributed by atoms with Crippen LogP contribution in [0.3, 0.4) is 0 Å². The van der Waals surface area contributed by atoms with E-state index in [0.717, 1.165) is 24.1 Å². The normalized spacial score (nSPS) is 13.6. The van der Waals surface area contributed by atoms with Crippen molar-refractivity contribution in [1.82, 2.24) is 24.6 Å². The number of nitrogens with one attached hydrogen (secondary N) is 2. The maximum Gasteiger partial charge on any atom is 0.261 e. The van der Waals surface area contributed by atoms with E-state index in [2.05, 4.69) is 25.4 Å². The van der Waals surface area contributed by atoms with Gasteiger partial charge in [-0.2, -0.15) is 5.10 Å². The number of para-hydroxylation sites is 1. The average molecular weight is 374 g/mol. The first-order valence-electron chi connectivity index (χ1n) is 9.07. The lowest BCUT2D eigenvalue weighted by atomic mass is 10.1. The number of methoxy groups -OCH3 is 1. The minimum Gasteiger partial charge on any atom is -0.494 e. The molecule has 1 saturated carbocycles. The molecule has 0 radical (unpaired) electrons. The summed E-state index contributed by atoms with van der Waals surface area (Å²) < 4.78 is 7.18. The second kappa shape index (κ2) is 6.49. The largest absolute Gasteiger partial charge is 0.494 e. The van der Waals surface area contributed by atoms with Crippen LogP contribution < -0.4 is 10.1 Å². The number of benzene rings is 1. The average Bonchev–Trinajstić information content (AvgIpc) is 3.25. The Morgan fingerprint density at radius 2 is 2.21 bits per heavy atom. The van der Waals surface area contributed by atoms with E-state index in [9.17, 15) is 4.79 Å². The maximum absolute atomic E-state index is 13.0. The van der Waals surface area contributed by atoms with Gasteiger partial charge in [-0.15, -0.1) is 0 Å². The summed E-state index contributed by atoms with van der Waals surface area (Å²) in [6, 6.07) is 7.48. The molecule has 1 aliphatic rings. The fraction of sp³-hybridized carbons (Fsp3) is 0.200. The number of hydrogen-bond donors (Lipinski definition) is 2. The van der Waals surface area contributed by atoms with Crippen LogP contribution in [0.2, 0.25) is 0 Å². The Kier molecular flexibility index (Phi) is 3.82. The molecule has 0 saturated heterocycles. The lowest BCUT2D eigenvalue weighted by molar-refractivity contribution is 0.102. The van der Waals surface area contributed by atoms with Gasteiger partial charge in [0.2, 0.25) is 0 Å². The van der Waals surface area contributed by atoms with Crippen molar-refractivity contribution in [1.29, 1.82) is 0 Å². The number of carbonyl (C=O) groups is 1. The number of hydrogen-bond acceptors (Lipinski definition) is 5. The number of ether oxygens (including phenoxy) is 1. The zero-order valence-electron chi connectivity index (χ0n) is 15.2. The topological polar surface area (TPSA) is 97.2 Å². The number of rotatable bonds is 5. The lowest BCUT2D eigenvalue weighted by Crippen LogP contribution is -2.13. The van der Waals surface area contributed by atoms with E-state index in [0.29, 0.717) is 34.4 Å². The van der Waals surface area contributed by atoms with E-state index in [-0.39, 0.29) is 5.91 Å². The van der Waals surface area contributed by atoms with Crippen molar-refractivity contribution < 1.29 is 9.53 Å². The number of aromatic amines is 1. The summed E-state index contributed by atoms with van der Waals surface area (Å²) in [7, 11) is 1.57. The van der Waals surface area contributed by atoms with E-state index in [1.165, 1.54) is 6.20 Å². The van der Waals surface area contributed by atoms with E-state index < -0.39 is 0 Å². The summed E-state index contributed by atoms with van der Waals surface area (Å²) in [4.78, 5) is 24.9. The Labute approximate surface area is 160 Å². The van der Waals surface area contributed by atoms with Crippen molar-refractivity contribution in [3.63, 3.8) is 0 Å². The molecule has 3 heterocycles. The molecule has 28 heavy (non-hydrogen) atoms. The van der Waals surface area contributed by atoms with E-state index in [1.807, 2.05) is 24.4 Å². The Morgan fingerprint density at radius 1 is 1.32 bits per heavy atom. The third-order valence-corrected chi connectivity index (χ3v) is 4.85. The number of aromatic nitrogens is 5. The molecule has 4 aromatic rings. The third kappa shape index (κ3) is 2.79. The van der Waals surface area contributed by atoms with Crippen molar-refractivity contribution in [3.8, 4) is 17.1 Å². The molecule has 8 nitrogen and oxygen atoms in total. The Balaban J connectivity index is 1.50. The monoisotopic (exact) mass is 374 g/mol. The second-order valence-electron chi connectivity index (χ2n) is 6.73. The first-order chi connectivity index (χ1) is 13.7. The highest BCUT2D eigenvalue weighted by atomic mass is 16.5. The summed E-state index contributed by atoms with van der Waals surface area (Å²) in [5.41, 5.74) is 3.31. The number of amides is 1. The second-order valence-corrected chi connectivity index (χ2v) is 6.73. The van der Waals surface area contributed by atoms with Crippen molar-refractivity contribution in [2.75, 3.05) is 12.4 Å². The highest BCUT2D eigenvalue weighted by Crippen LogP contribution is 2.39. The van der Waals surface area contributed by atoms with E-state index in [4.69, 9.17) is 4.74 Å². The minimum atomic E-state index is -0.287. The quantitative estimate of drug-likeness (QED) is 0.559. The summed E-state index contributed by atoms with van der Waals surface area (Å²) in [5.74, 6) is 1.42. The first kappa shape index (κ1) is 16.5. The summed E-state index contributed by atoms with van der Waals surface area (Å²) in [6.45, 7) is 0. The predicted molar refractivity (Wildman–Crippen MR) is 103 cm³/mol. The number of fused-ring (bicyclic) bond motifs is 1. The lowest BCUT2D eigenvalue weighted by Gasteiger charge is -2.13. The predicted octanol–water partition coefficient (Wildman–Crippen LogP) is 3.26. The number of carbonyl (C=O) groups excluding carboxylic acids is 1. The Morgan fingerprint density at radius 3 is 2.96 bits per heavy atom. The first-order valence-corrected chi connectivity index (χ1v) is 9.07. The van der Waals surface area contributed by atoms with Crippen LogP contribution in [0.5, 0.6) is 5.75 Å². The molecule has 5 rings (SSSR count). The molecular formula is C20H18N6O2. The van der Waals surface area contributed by atoms with Crippen molar-refractivity contribution in [3.05, 3.63) is 60.3 Å². The molecule has 0 unspecified atom stereocenters. The van der Waals surface area contributed by atoms with Crippen LogP contribution >= 0.6 is 0 Å². The van der Waals surface area contributed by atoms with Gasteiger partial charge in [0.05, 0.1) is 24.6 Å². The van der Waals surface area contributed by atoms with Crippen molar-refractivity contribution >= 4 is 17.2 Å². The van der Waals surface area contributed by atoms with Gasteiger partial charge >= 0.3 is 0 Å². The van der Waals surface area contributed by atoms with E-state index >= 15 is 0 Å². The molecule has 3 aromatic heterocycles. The molecule has 0 bridgehead atoms. The molecule has 1 fully saturated rings. The summed E-state index contributed by atoms with van der Waals surface area (Å²) in [5, 5.41) is 7.17. The summed E-state index contributed by atoms with van der Waals surface area (Å²) in [6.07, 6.45) is 9.09. The SMILES string of the molecule is COc1c(NC(=O)c2cnn3ccc(C4CC4)nc23)cccc1-c1ncc[nH]1. The van der Waals surface area contributed by atoms with Gasteiger partial charge < -0.3 is 15.0 Å². The van der Waals surface area contributed by atoms with Crippen LogP contribution in [0, 0.1) is 0 Å². The van der Waals surface area contributed by atoms with Gasteiger partial charge in [-0.3, -0.25) is 4.79 Å². The van der Waals surface area contributed by atoms with Crippen LogP contribution in [0.1, 0.15) is 34.8 Å². The molecule has 140 valence electrons. The van der Waals surface area contributed by atoms with E-state index in [1.54, 1.807) is 30.1 Å². The van der Waals surface area contributed by atoms with Crippen LogP contribution in [-0.4, -0.2) is 37.6 Å². The van der Waals surface area contributed by atoms with Gasteiger partial charge in [0, 0.05) is 30.2 Å². The fourth-order valence-electron chi connectivity index (χ4n) is 3.29. The molecular weight excluding hydrogens is 356 g/mol. The van der Waals surface area contributed by atoms with Gasteiger partial charge in [-0.1, -0.05) is 6.07 Å². The van der Waals surface area contributed by atoms with Gasteiger partial charge in [0.25, 0.3) is 5.91 Å². The standard InChI is InChI=1S/C20H18N6O2/c1-28-17-13(18-21-8-9-22-18)3-2-4-16(17)25-20(27)14-11-23-26-10-7-15(12-5-6-12)24-19(14)26/h2-4,7-12H,5-6H2,1H3,(H,21,22)(H,25,27). The minimum absolute atomic E-state index is 0.287. The number of H-pyrrole nitrogens is 1. The Hall–Kier alpha value is -3.68. The maximum atomic E-state index is 13.0. The Bertz CT molecular complexity index is 1160. The van der Waals surface area contributed by atoms with Crippen LogP contribution in [0.25, 0.3) is 17.0 Å². The smallest absolute Gasteiger partial charge is 0.261 e. The molecule has 1 aromatic carbocycles. The number of nitrogens with zero attached hydrogens (tertiary/aromatic N) is 4. The van der Waals surface area contributed by atoms with Crippen LogP contribution in [0.4, 0.5) is 5.69 Å². The molecule has 2 N–H and O–H groups in total. The third-order valence-electron chi connectivity index (χ3n) is 4.85. The highest BCUT2D eigenvalue weighted by Gasteiger charge is 2.26. The highest BCUT2D eigenvalue weighted by molar-refractivity contribution is 6.09. The molecule has 0 aliphatic heterocycles. The van der Waals surface area contributed by atoms with Gasteiger partial charge in [0.1, 0.15) is 11.4 Å². The van der Waals surface area contributed by atoms with Crippen molar-refractivity contribution in [2.24, 2.45) is 0 Å². The number of imidazole rings is 1. The fourth-order valence-corrected chi connectivity index (χ4v) is 3.29. The molecule has 0 atom stereocenters. The zero-order chi connectivity index (χ0) is 19.1.